The number of thioether (sulfide) groups is 1. The first-order valence-corrected chi connectivity index (χ1v) is 7.95. The van der Waals surface area contributed by atoms with Gasteiger partial charge in [0.25, 0.3) is 0 Å². The first kappa shape index (κ1) is 15.4. The summed E-state index contributed by atoms with van der Waals surface area (Å²) >= 11 is 1.81. The van der Waals surface area contributed by atoms with Crippen LogP contribution in [0.3, 0.4) is 0 Å². The van der Waals surface area contributed by atoms with E-state index in [1.54, 1.807) is 11.8 Å². The van der Waals surface area contributed by atoms with E-state index in [9.17, 15) is 0 Å². The summed E-state index contributed by atoms with van der Waals surface area (Å²) in [5.74, 6) is 2.07. The molecule has 1 unspecified atom stereocenters. The lowest BCUT2D eigenvalue weighted by molar-refractivity contribution is 0.339. The molecule has 2 N–H and O–H groups in total. The van der Waals surface area contributed by atoms with Crippen molar-refractivity contribution in [3.05, 3.63) is 28.8 Å². The van der Waals surface area contributed by atoms with Crippen molar-refractivity contribution in [2.45, 2.75) is 39.7 Å². The first-order valence-electron chi connectivity index (χ1n) is 6.55. The quantitative estimate of drug-likeness (QED) is 0.770. The fraction of sp³-hybridized carbons (Fsp3) is 0.600. The number of hydrogen-bond acceptors (Lipinski definition) is 3. The van der Waals surface area contributed by atoms with E-state index in [1.807, 2.05) is 0 Å². The largest absolute Gasteiger partial charge is 0.492 e. The Bertz CT molecular complexity index is 356. The van der Waals surface area contributed by atoms with Gasteiger partial charge in [0.2, 0.25) is 0 Å². The SMILES string of the molecule is CCC(N)Cc1cc(C)c(OCCSC)c(C)c1. The molecule has 0 heterocycles. The van der Waals surface area contributed by atoms with Gasteiger partial charge in [-0.2, -0.15) is 11.8 Å². The lowest BCUT2D eigenvalue weighted by Crippen LogP contribution is -2.21. The fourth-order valence-corrected chi connectivity index (χ4v) is 2.31. The second-order valence-electron chi connectivity index (χ2n) is 4.77. The van der Waals surface area contributed by atoms with Crippen LogP contribution < -0.4 is 10.5 Å². The van der Waals surface area contributed by atoms with Crippen LogP contribution in [0.1, 0.15) is 30.0 Å². The number of hydrogen-bond donors (Lipinski definition) is 1. The molecular weight excluding hydrogens is 242 g/mol. The molecule has 0 bridgehead atoms. The molecule has 0 spiro atoms. The van der Waals surface area contributed by atoms with Gasteiger partial charge in [-0.25, -0.2) is 0 Å². The van der Waals surface area contributed by atoms with E-state index in [0.29, 0.717) is 0 Å². The van der Waals surface area contributed by atoms with E-state index in [2.05, 4.69) is 39.2 Å². The van der Waals surface area contributed by atoms with E-state index >= 15 is 0 Å². The fourth-order valence-electron chi connectivity index (χ4n) is 2.06. The molecule has 0 amide bonds. The van der Waals surface area contributed by atoms with Crippen molar-refractivity contribution in [2.75, 3.05) is 18.6 Å². The topological polar surface area (TPSA) is 35.2 Å². The maximum absolute atomic E-state index is 6.01. The van der Waals surface area contributed by atoms with Crippen LogP contribution in [0.4, 0.5) is 0 Å². The van der Waals surface area contributed by atoms with E-state index in [0.717, 1.165) is 31.0 Å². The molecule has 1 aromatic carbocycles. The van der Waals surface area contributed by atoms with Crippen LogP contribution >= 0.6 is 11.8 Å². The summed E-state index contributed by atoms with van der Waals surface area (Å²) in [5, 5.41) is 0. The van der Waals surface area contributed by atoms with E-state index in [4.69, 9.17) is 10.5 Å². The molecule has 18 heavy (non-hydrogen) atoms. The third-order valence-corrected chi connectivity index (χ3v) is 3.65. The second-order valence-corrected chi connectivity index (χ2v) is 5.76. The Labute approximate surface area is 115 Å². The van der Waals surface area contributed by atoms with Gasteiger partial charge in [0, 0.05) is 11.8 Å². The standard InChI is InChI=1S/C15H25NOS/c1-5-14(16)10-13-8-11(2)15(12(3)9-13)17-6-7-18-4/h8-9,14H,5-7,10,16H2,1-4H3. The second kappa shape index (κ2) is 7.70. The summed E-state index contributed by atoms with van der Waals surface area (Å²) in [6.45, 7) is 7.13. The lowest BCUT2D eigenvalue weighted by atomic mass is 9.99. The minimum absolute atomic E-state index is 0.257. The van der Waals surface area contributed by atoms with Gasteiger partial charge in [0.1, 0.15) is 5.75 Å². The normalized spacial score (nSPS) is 12.5. The molecule has 1 rings (SSSR count). The van der Waals surface area contributed by atoms with Crippen LogP contribution in [0.15, 0.2) is 12.1 Å². The summed E-state index contributed by atoms with van der Waals surface area (Å²) in [7, 11) is 0. The molecule has 1 aromatic rings. The predicted molar refractivity (Wildman–Crippen MR) is 81.8 cm³/mol. The Kier molecular flexibility index (Phi) is 6.58. The van der Waals surface area contributed by atoms with Gasteiger partial charge in [-0.3, -0.25) is 0 Å². The summed E-state index contributed by atoms with van der Waals surface area (Å²) in [4.78, 5) is 0. The molecule has 0 aliphatic heterocycles. The number of aryl methyl sites for hydroxylation is 2. The third-order valence-electron chi connectivity index (χ3n) is 3.08. The van der Waals surface area contributed by atoms with Crippen LogP contribution in [0.5, 0.6) is 5.75 Å². The molecule has 3 heteroatoms. The van der Waals surface area contributed by atoms with Gasteiger partial charge in [-0.1, -0.05) is 19.1 Å². The average Bonchev–Trinajstić information content (AvgIpc) is 2.32. The van der Waals surface area contributed by atoms with Gasteiger partial charge in [0.15, 0.2) is 0 Å². The van der Waals surface area contributed by atoms with Gasteiger partial charge in [-0.05, 0) is 49.6 Å². The molecule has 0 fully saturated rings. The van der Waals surface area contributed by atoms with Crippen molar-refractivity contribution >= 4 is 11.8 Å². The predicted octanol–water partition coefficient (Wildman–Crippen LogP) is 3.33. The summed E-state index contributed by atoms with van der Waals surface area (Å²) in [6.07, 6.45) is 4.06. The van der Waals surface area contributed by atoms with Gasteiger partial charge in [-0.15, -0.1) is 0 Å². The molecule has 102 valence electrons. The van der Waals surface area contributed by atoms with Gasteiger partial charge in [0.05, 0.1) is 6.61 Å². The number of nitrogens with two attached hydrogens (primary N) is 1. The van der Waals surface area contributed by atoms with Crippen molar-refractivity contribution < 1.29 is 4.74 Å². The smallest absolute Gasteiger partial charge is 0.125 e. The van der Waals surface area contributed by atoms with Gasteiger partial charge < -0.3 is 10.5 Å². The van der Waals surface area contributed by atoms with Crippen LogP contribution in [-0.2, 0) is 6.42 Å². The summed E-state index contributed by atoms with van der Waals surface area (Å²) in [6, 6.07) is 4.67. The van der Waals surface area contributed by atoms with Crippen LogP contribution in [-0.4, -0.2) is 24.7 Å². The van der Waals surface area contributed by atoms with Crippen LogP contribution in [0.25, 0.3) is 0 Å². The molecule has 0 aliphatic carbocycles. The van der Waals surface area contributed by atoms with Crippen LogP contribution in [0.2, 0.25) is 0 Å². The number of benzene rings is 1. The summed E-state index contributed by atoms with van der Waals surface area (Å²) in [5.41, 5.74) is 9.76. The third kappa shape index (κ3) is 4.54. The van der Waals surface area contributed by atoms with E-state index < -0.39 is 0 Å². The minimum atomic E-state index is 0.257. The zero-order valence-corrected chi connectivity index (χ0v) is 12.8. The maximum Gasteiger partial charge on any atom is 0.125 e. The monoisotopic (exact) mass is 267 g/mol. The first-order chi connectivity index (χ1) is 8.58. The molecule has 0 aliphatic rings. The Morgan fingerprint density at radius 2 is 1.89 bits per heavy atom. The van der Waals surface area contributed by atoms with E-state index in [1.165, 1.54) is 16.7 Å². The highest BCUT2D eigenvalue weighted by atomic mass is 32.2. The highest BCUT2D eigenvalue weighted by Gasteiger charge is 2.08. The Balaban J connectivity index is 2.77. The molecule has 1 atom stereocenters. The summed E-state index contributed by atoms with van der Waals surface area (Å²) < 4.78 is 5.84. The molecule has 0 saturated heterocycles. The average molecular weight is 267 g/mol. The Hall–Kier alpha value is -0.670. The van der Waals surface area contributed by atoms with Crippen molar-refractivity contribution in [3.63, 3.8) is 0 Å². The number of ether oxygens (including phenoxy) is 1. The zero-order chi connectivity index (χ0) is 13.5. The van der Waals surface area contributed by atoms with Gasteiger partial charge >= 0.3 is 0 Å². The van der Waals surface area contributed by atoms with Crippen molar-refractivity contribution in [3.8, 4) is 5.75 Å². The van der Waals surface area contributed by atoms with E-state index in [-0.39, 0.29) is 6.04 Å². The number of rotatable bonds is 7. The highest BCUT2D eigenvalue weighted by Crippen LogP contribution is 2.25. The van der Waals surface area contributed by atoms with Crippen molar-refractivity contribution in [1.82, 2.24) is 0 Å². The molecule has 2 nitrogen and oxygen atoms in total. The molecular formula is C15H25NOS. The zero-order valence-electron chi connectivity index (χ0n) is 12.0. The lowest BCUT2D eigenvalue weighted by Gasteiger charge is -2.15. The minimum Gasteiger partial charge on any atom is -0.492 e. The van der Waals surface area contributed by atoms with Crippen molar-refractivity contribution in [2.24, 2.45) is 5.73 Å². The Morgan fingerprint density at radius 3 is 2.39 bits per heavy atom. The molecule has 0 radical (unpaired) electrons. The highest BCUT2D eigenvalue weighted by molar-refractivity contribution is 7.98. The van der Waals surface area contributed by atoms with Crippen LogP contribution in [0, 0.1) is 13.8 Å². The Morgan fingerprint density at radius 1 is 1.28 bits per heavy atom. The maximum atomic E-state index is 6.01. The molecule has 0 saturated carbocycles. The van der Waals surface area contributed by atoms with Crippen molar-refractivity contribution in [1.29, 1.82) is 0 Å². The molecule has 0 aromatic heterocycles.